The average Bonchev–Trinajstić information content (AvgIpc) is 2.31. The largest absolute Gasteiger partial charge is 0.504 e. The van der Waals surface area contributed by atoms with Gasteiger partial charge in [-0.25, -0.2) is 0 Å². The van der Waals surface area contributed by atoms with Crippen LogP contribution in [0.5, 0.6) is 17.2 Å². The molecule has 0 aliphatic heterocycles. The first-order chi connectivity index (χ1) is 8.48. The molecule has 0 spiro atoms. The first-order valence-corrected chi connectivity index (χ1v) is 5.33. The molecule has 3 nitrogen and oxygen atoms in total. The van der Waals surface area contributed by atoms with E-state index in [1.807, 2.05) is 0 Å². The van der Waals surface area contributed by atoms with Gasteiger partial charge in [0, 0.05) is 12.4 Å². The van der Waals surface area contributed by atoms with Crippen molar-refractivity contribution in [2.24, 2.45) is 0 Å². The van der Waals surface area contributed by atoms with Crippen molar-refractivity contribution >= 4 is 11.6 Å². The number of pyridine rings is 1. The standard InChI is InChI=1S/C12H8ClF2NO2/c13-12(14,15)8-7-16-6-5-10(8)18-11-4-2-1-3-9(11)17/h1-7,17H. The van der Waals surface area contributed by atoms with Crippen molar-refractivity contribution in [3.63, 3.8) is 0 Å². The third kappa shape index (κ3) is 2.68. The van der Waals surface area contributed by atoms with E-state index >= 15 is 0 Å². The van der Waals surface area contributed by atoms with Crippen molar-refractivity contribution in [1.82, 2.24) is 4.98 Å². The number of ether oxygens (including phenoxy) is 1. The van der Waals surface area contributed by atoms with Crippen LogP contribution in [-0.2, 0) is 5.38 Å². The molecule has 0 radical (unpaired) electrons. The lowest BCUT2D eigenvalue weighted by Gasteiger charge is -2.14. The Labute approximate surface area is 107 Å². The van der Waals surface area contributed by atoms with Gasteiger partial charge in [-0.3, -0.25) is 4.98 Å². The SMILES string of the molecule is Oc1ccccc1Oc1ccncc1C(F)(F)Cl. The van der Waals surface area contributed by atoms with Gasteiger partial charge < -0.3 is 9.84 Å². The van der Waals surface area contributed by atoms with E-state index in [4.69, 9.17) is 16.3 Å². The van der Waals surface area contributed by atoms with Crippen LogP contribution in [-0.4, -0.2) is 10.1 Å². The van der Waals surface area contributed by atoms with E-state index < -0.39 is 10.9 Å². The summed E-state index contributed by atoms with van der Waals surface area (Å²) in [4.78, 5) is 3.57. The number of aromatic nitrogens is 1. The van der Waals surface area contributed by atoms with Gasteiger partial charge in [0.1, 0.15) is 5.75 Å². The van der Waals surface area contributed by atoms with Crippen LogP contribution in [0.4, 0.5) is 8.78 Å². The van der Waals surface area contributed by atoms with E-state index in [1.165, 1.54) is 24.4 Å². The molecule has 1 heterocycles. The third-order valence-electron chi connectivity index (χ3n) is 2.17. The minimum Gasteiger partial charge on any atom is -0.504 e. The average molecular weight is 272 g/mol. The number of rotatable bonds is 3. The zero-order valence-electron chi connectivity index (χ0n) is 8.98. The van der Waals surface area contributed by atoms with Gasteiger partial charge in [0.25, 0.3) is 0 Å². The quantitative estimate of drug-likeness (QED) is 0.862. The molecule has 0 atom stereocenters. The van der Waals surface area contributed by atoms with Gasteiger partial charge in [0.2, 0.25) is 0 Å². The fourth-order valence-corrected chi connectivity index (χ4v) is 1.49. The molecular formula is C12H8ClF2NO2. The molecule has 0 saturated heterocycles. The smallest absolute Gasteiger partial charge is 0.353 e. The van der Waals surface area contributed by atoms with Crippen LogP contribution in [0.3, 0.4) is 0 Å². The zero-order chi connectivity index (χ0) is 13.2. The molecule has 6 heteroatoms. The third-order valence-corrected chi connectivity index (χ3v) is 2.38. The van der Waals surface area contributed by atoms with Crippen molar-refractivity contribution in [3.8, 4) is 17.2 Å². The maximum Gasteiger partial charge on any atom is 0.353 e. The van der Waals surface area contributed by atoms with Crippen molar-refractivity contribution < 1.29 is 18.6 Å². The predicted octanol–water partition coefficient (Wildman–Crippen LogP) is 3.87. The highest BCUT2D eigenvalue weighted by atomic mass is 35.5. The highest BCUT2D eigenvalue weighted by molar-refractivity contribution is 6.22. The summed E-state index contributed by atoms with van der Waals surface area (Å²) in [5.74, 6) is -0.254. The summed E-state index contributed by atoms with van der Waals surface area (Å²) in [5.41, 5.74) is -0.560. The Morgan fingerprint density at radius 2 is 1.89 bits per heavy atom. The lowest BCUT2D eigenvalue weighted by Crippen LogP contribution is -2.06. The van der Waals surface area contributed by atoms with Crippen molar-refractivity contribution in [1.29, 1.82) is 0 Å². The molecule has 0 saturated carbocycles. The highest BCUT2D eigenvalue weighted by Gasteiger charge is 2.32. The Bertz CT molecular complexity index is 558. The van der Waals surface area contributed by atoms with Crippen molar-refractivity contribution in [2.75, 3.05) is 0 Å². The van der Waals surface area contributed by atoms with E-state index in [1.54, 1.807) is 12.1 Å². The number of halogens is 3. The number of nitrogens with zero attached hydrogens (tertiary/aromatic N) is 1. The Morgan fingerprint density at radius 1 is 1.17 bits per heavy atom. The molecule has 1 N–H and O–H groups in total. The molecule has 0 aliphatic rings. The monoisotopic (exact) mass is 271 g/mol. The number of hydrogen-bond donors (Lipinski definition) is 1. The summed E-state index contributed by atoms with van der Waals surface area (Å²) in [7, 11) is 0. The fraction of sp³-hybridized carbons (Fsp3) is 0.0833. The number of alkyl halides is 3. The number of para-hydroxylation sites is 2. The molecule has 1 aromatic heterocycles. The van der Waals surface area contributed by atoms with E-state index in [0.717, 1.165) is 6.20 Å². The summed E-state index contributed by atoms with van der Waals surface area (Å²) in [6, 6.07) is 7.28. The van der Waals surface area contributed by atoms with Gasteiger partial charge in [-0.2, -0.15) is 8.78 Å². The van der Waals surface area contributed by atoms with Gasteiger partial charge in [0.15, 0.2) is 11.5 Å². The maximum absolute atomic E-state index is 13.1. The van der Waals surface area contributed by atoms with E-state index in [0.29, 0.717) is 0 Å². The summed E-state index contributed by atoms with van der Waals surface area (Å²) in [5, 5.41) is 5.92. The Balaban J connectivity index is 2.39. The van der Waals surface area contributed by atoms with Gasteiger partial charge in [-0.05, 0) is 29.8 Å². The first kappa shape index (κ1) is 12.6. The molecule has 0 bridgehead atoms. The molecule has 1 aromatic carbocycles. The summed E-state index contributed by atoms with van der Waals surface area (Å²) in [6.07, 6.45) is 2.21. The molecular weight excluding hydrogens is 264 g/mol. The minimum absolute atomic E-state index is 0.0610. The normalized spacial score (nSPS) is 11.3. The first-order valence-electron chi connectivity index (χ1n) is 4.95. The number of phenolic OH excluding ortho intramolecular Hbond substituents is 1. The Hall–Kier alpha value is -1.88. The van der Waals surface area contributed by atoms with E-state index in [2.05, 4.69) is 4.98 Å². The summed E-state index contributed by atoms with van der Waals surface area (Å²) in [6.45, 7) is 0. The van der Waals surface area contributed by atoms with Crippen LogP contribution in [0.2, 0.25) is 0 Å². The lowest BCUT2D eigenvalue weighted by atomic mass is 10.2. The molecule has 2 aromatic rings. The van der Waals surface area contributed by atoms with Crippen LogP contribution < -0.4 is 4.74 Å². The molecule has 94 valence electrons. The topological polar surface area (TPSA) is 42.4 Å². The van der Waals surface area contributed by atoms with Crippen molar-refractivity contribution in [3.05, 3.63) is 48.3 Å². The number of phenols is 1. The molecule has 0 fully saturated rings. The zero-order valence-corrected chi connectivity index (χ0v) is 9.73. The van der Waals surface area contributed by atoms with Gasteiger partial charge in [0.05, 0.1) is 5.56 Å². The Morgan fingerprint density at radius 3 is 2.56 bits per heavy atom. The van der Waals surface area contributed by atoms with Crippen LogP contribution in [0.15, 0.2) is 42.7 Å². The maximum atomic E-state index is 13.1. The number of aromatic hydroxyl groups is 1. The molecule has 0 amide bonds. The fourth-order valence-electron chi connectivity index (χ4n) is 1.35. The van der Waals surface area contributed by atoms with Gasteiger partial charge >= 0.3 is 5.38 Å². The molecule has 18 heavy (non-hydrogen) atoms. The second-order valence-electron chi connectivity index (χ2n) is 3.44. The van der Waals surface area contributed by atoms with Crippen LogP contribution in [0.25, 0.3) is 0 Å². The van der Waals surface area contributed by atoms with Gasteiger partial charge in [-0.15, -0.1) is 0 Å². The van der Waals surface area contributed by atoms with Crippen molar-refractivity contribution in [2.45, 2.75) is 5.38 Å². The number of benzene rings is 1. The second-order valence-corrected chi connectivity index (χ2v) is 3.91. The summed E-state index contributed by atoms with van der Waals surface area (Å²) >= 11 is 4.95. The van der Waals surface area contributed by atoms with Crippen LogP contribution in [0.1, 0.15) is 5.56 Å². The lowest BCUT2D eigenvalue weighted by molar-refractivity contribution is 0.0919. The molecule has 0 unspecified atom stereocenters. The van der Waals surface area contributed by atoms with Crippen LogP contribution >= 0.6 is 11.6 Å². The minimum atomic E-state index is -3.59. The highest BCUT2D eigenvalue weighted by Crippen LogP contribution is 2.40. The van der Waals surface area contributed by atoms with E-state index in [9.17, 15) is 13.9 Å². The second kappa shape index (κ2) is 4.78. The Kier molecular flexibility index (Phi) is 3.34. The molecule has 0 aliphatic carbocycles. The van der Waals surface area contributed by atoms with E-state index in [-0.39, 0.29) is 17.2 Å². The van der Waals surface area contributed by atoms with Crippen LogP contribution in [0, 0.1) is 0 Å². The predicted molar refractivity (Wildman–Crippen MR) is 62.2 cm³/mol. The van der Waals surface area contributed by atoms with Gasteiger partial charge in [-0.1, -0.05) is 12.1 Å². The molecule has 2 rings (SSSR count). The summed E-state index contributed by atoms with van der Waals surface area (Å²) < 4.78 is 31.4. The number of hydrogen-bond acceptors (Lipinski definition) is 3.